The van der Waals surface area contributed by atoms with Crippen molar-refractivity contribution < 1.29 is 23.0 Å². The van der Waals surface area contributed by atoms with E-state index in [1.165, 1.54) is 31.0 Å². The smallest absolute Gasteiger partial charge is 0.387 e. The summed E-state index contributed by atoms with van der Waals surface area (Å²) in [5.74, 6) is -0.173. The van der Waals surface area contributed by atoms with Crippen LogP contribution in [0.15, 0.2) is 47.6 Å². The van der Waals surface area contributed by atoms with Crippen molar-refractivity contribution in [2.24, 2.45) is 5.10 Å². The molecule has 8 heteroatoms. The average molecular weight is 389 g/mol. The monoisotopic (exact) mass is 389 g/mol. The van der Waals surface area contributed by atoms with Gasteiger partial charge in [-0.05, 0) is 48.2 Å². The number of anilines is 1. The van der Waals surface area contributed by atoms with Crippen molar-refractivity contribution in [2.45, 2.75) is 19.5 Å². The van der Waals surface area contributed by atoms with Gasteiger partial charge in [0.05, 0.1) is 19.9 Å². The summed E-state index contributed by atoms with van der Waals surface area (Å²) in [5.41, 5.74) is 5.25. The van der Waals surface area contributed by atoms with Gasteiger partial charge in [0, 0.05) is 12.2 Å². The molecular formula is C20H21F2N3O3. The highest BCUT2D eigenvalue weighted by atomic mass is 19.3. The Morgan fingerprint density at radius 2 is 2.11 bits per heavy atom. The minimum atomic E-state index is -2.96. The summed E-state index contributed by atoms with van der Waals surface area (Å²) in [7, 11) is 1.36. The van der Waals surface area contributed by atoms with Gasteiger partial charge in [0.25, 0.3) is 5.91 Å². The molecule has 0 aliphatic carbocycles. The van der Waals surface area contributed by atoms with E-state index < -0.39 is 6.61 Å². The van der Waals surface area contributed by atoms with Gasteiger partial charge in [0.15, 0.2) is 11.5 Å². The fourth-order valence-corrected chi connectivity index (χ4v) is 3.12. The van der Waals surface area contributed by atoms with E-state index in [2.05, 4.69) is 21.3 Å². The normalized spacial score (nSPS) is 13.5. The number of alkyl halides is 2. The summed E-state index contributed by atoms with van der Waals surface area (Å²) < 4.78 is 34.4. The van der Waals surface area contributed by atoms with Crippen molar-refractivity contribution in [3.05, 3.63) is 53.6 Å². The number of benzene rings is 2. The molecule has 0 fully saturated rings. The number of fused-ring (bicyclic) bond motifs is 1. The largest absolute Gasteiger partial charge is 0.493 e. The van der Waals surface area contributed by atoms with E-state index in [1.807, 2.05) is 23.1 Å². The molecule has 1 heterocycles. The Morgan fingerprint density at radius 1 is 1.29 bits per heavy atom. The van der Waals surface area contributed by atoms with Crippen molar-refractivity contribution in [3.63, 3.8) is 0 Å². The number of para-hydroxylation sites is 1. The molecule has 3 rings (SSSR count). The van der Waals surface area contributed by atoms with Gasteiger partial charge in [0.1, 0.15) is 0 Å². The lowest BCUT2D eigenvalue weighted by Gasteiger charge is -2.30. The van der Waals surface area contributed by atoms with Gasteiger partial charge in [-0.15, -0.1) is 0 Å². The Kier molecular flexibility index (Phi) is 6.41. The fourth-order valence-electron chi connectivity index (χ4n) is 3.12. The molecule has 2 aromatic rings. The Labute approximate surface area is 161 Å². The highest BCUT2D eigenvalue weighted by Crippen LogP contribution is 2.29. The number of carbonyl (C=O) groups excluding carboxylic acids is 1. The van der Waals surface area contributed by atoms with Crippen molar-refractivity contribution in [2.75, 3.05) is 25.1 Å². The zero-order valence-corrected chi connectivity index (χ0v) is 15.4. The number of rotatable bonds is 7. The first-order valence-electron chi connectivity index (χ1n) is 8.84. The molecule has 0 spiro atoms. The van der Waals surface area contributed by atoms with Gasteiger partial charge in [0.2, 0.25) is 0 Å². The highest BCUT2D eigenvalue weighted by molar-refractivity contribution is 5.85. The minimum Gasteiger partial charge on any atom is -0.493 e. The zero-order valence-electron chi connectivity index (χ0n) is 15.4. The van der Waals surface area contributed by atoms with Crippen LogP contribution in [0.2, 0.25) is 0 Å². The lowest BCUT2D eigenvalue weighted by Crippen LogP contribution is -2.38. The van der Waals surface area contributed by atoms with Crippen LogP contribution < -0.4 is 19.8 Å². The summed E-state index contributed by atoms with van der Waals surface area (Å²) in [6.07, 6.45) is 3.36. The third-order valence-corrected chi connectivity index (χ3v) is 4.35. The standard InChI is InChI=1S/C20H21F2N3O3/c1-27-17-9-8-14(11-18(17)28-20(21)22)12-23-24-19(26)13-25-10-4-6-15-5-2-3-7-16(15)25/h2-3,5,7-9,11-12,20H,4,6,10,13H2,1H3,(H,24,26)/b23-12-. The molecule has 1 aliphatic heterocycles. The van der Waals surface area contributed by atoms with Crippen LogP contribution in [0.3, 0.4) is 0 Å². The topological polar surface area (TPSA) is 63.2 Å². The predicted molar refractivity (Wildman–Crippen MR) is 102 cm³/mol. The van der Waals surface area contributed by atoms with Gasteiger partial charge >= 0.3 is 6.61 Å². The van der Waals surface area contributed by atoms with Gasteiger partial charge < -0.3 is 14.4 Å². The van der Waals surface area contributed by atoms with E-state index in [-0.39, 0.29) is 24.0 Å². The van der Waals surface area contributed by atoms with Crippen LogP contribution in [-0.4, -0.2) is 38.9 Å². The second kappa shape index (κ2) is 9.16. The quantitative estimate of drug-likeness (QED) is 0.584. The molecule has 0 unspecified atom stereocenters. The van der Waals surface area contributed by atoms with Crippen molar-refractivity contribution in [3.8, 4) is 11.5 Å². The third kappa shape index (κ3) is 4.97. The molecule has 0 aromatic heterocycles. The van der Waals surface area contributed by atoms with E-state index in [4.69, 9.17) is 4.74 Å². The Balaban J connectivity index is 1.60. The van der Waals surface area contributed by atoms with Crippen molar-refractivity contribution >= 4 is 17.8 Å². The van der Waals surface area contributed by atoms with Gasteiger partial charge in [-0.3, -0.25) is 4.79 Å². The molecule has 0 bridgehead atoms. The number of carbonyl (C=O) groups is 1. The molecule has 1 amide bonds. The minimum absolute atomic E-state index is 0.0994. The summed E-state index contributed by atoms with van der Waals surface area (Å²) in [4.78, 5) is 14.2. The van der Waals surface area contributed by atoms with E-state index in [0.29, 0.717) is 5.56 Å². The molecule has 1 N–H and O–H groups in total. The molecule has 1 aliphatic rings. The molecule has 0 radical (unpaired) electrons. The number of halogens is 2. The fraction of sp³-hybridized carbons (Fsp3) is 0.300. The predicted octanol–water partition coefficient (Wildman–Crippen LogP) is 3.20. The van der Waals surface area contributed by atoms with Crippen LogP contribution in [0.5, 0.6) is 11.5 Å². The number of nitrogens with one attached hydrogen (secondary N) is 1. The van der Waals surface area contributed by atoms with Crippen LogP contribution in [0, 0.1) is 0 Å². The number of aryl methyl sites for hydroxylation is 1. The van der Waals surface area contributed by atoms with Crippen molar-refractivity contribution in [1.82, 2.24) is 5.43 Å². The summed E-state index contributed by atoms with van der Waals surface area (Å²) >= 11 is 0. The average Bonchev–Trinajstić information content (AvgIpc) is 2.68. The summed E-state index contributed by atoms with van der Waals surface area (Å²) in [5, 5.41) is 3.90. The van der Waals surface area contributed by atoms with E-state index >= 15 is 0 Å². The van der Waals surface area contributed by atoms with Crippen LogP contribution in [0.1, 0.15) is 17.5 Å². The molecule has 148 valence electrons. The number of hydrazone groups is 1. The van der Waals surface area contributed by atoms with E-state index in [0.717, 1.165) is 25.1 Å². The van der Waals surface area contributed by atoms with Gasteiger partial charge in [-0.2, -0.15) is 13.9 Å². The SMILES string of the molecule is COc1ccc(/C=N\NC(=O)CN2CCCc3ccccc32)cc1OC(F)F. The van der Waals surface area contributed by atoms with Crippen LogP contribution in [-0.2, 0) is 11.2 Å². The number of nitrogens with zero attached hydrogens (tertiary/aromatic N) is 2. The Bertz CT molecular complexity index is 858. The number of methoxy groups -OCH3 is 1. The highest BCUT2D eigenvalue weighted by Gasteiger charge is 2.18. The third-order valence-electron chi connectivity index (χ3n) is 4.35. The van der Waals surface area contributed by atoms with Crippen molar-refractivity contribution in [1.29, 1.82) is 0 Å². The van der Waals surface area contributed by atoms with Gasteiger partial charge in [-0.25, -0.2) is 5.43 Å². The van der Waals surface area contributed by atoms with Crippen LogP contribution in [0.25, 0.3) is 0 Å². The number of hydrogen-bond donors (Lipinski definition) is 1. The molecule has 0 atom stereocenters. The lowest BCUT2D eigenvalue weighted by molar-refractivity contribution is -0.119. The molecule has 28 heavy (non-hydrogen) atoms. The summed E-state index contributed by atoms with van der Waals surface area (Å²) in [6.45, 7) is -1.97. The van der Waals surface area contributed by atoms with Crippen LogP contribution in [0.4, 0.5) is 14.5 Å². The summed E-state index contributed by atoms with van der Waals surface area (Å²) in [6, 6.07) is 12.5. The Morgan fingerprint density at radius 3 is 2.89 bits per heavy atom. The zero-order chi connectivity index (χ0) is 19.9. The van der Waals surface area contributed by atoms with Gasteiger partial charge in [-0.1, -0.05) is 18.2 Å². The maximum Gasteiger partial charge on any atom is 0.387 e. The van der Waals surface area contributed by atoms with E-state index in [1.54, 1.807) is 6.07 Å². The number of hydrogen-bond acceptors (Lipinski definition) is 5. The van der Waals surface area contributed by atoms with Crippen LogP contribution >= 0.6 is 0 Å². The maximum atomic E-state index is 12.5. The second-order valence-corrected chi connectivity index (χ2v) is 6.24. The molecule has 0 saturated heterocycles. The molecule has 0 saturated carbocycles. The maximum absolute atomic E-state index is 12.5. The lowest BCUT2D eigenvalue weighted by atomic mass is 10.0. The molecular weight excluding hydrogens is 368 g/mol. The van der Waals surface area contributed by atoms with E-state index in [9.17, 15) is 13.6 Å². The molecule has 6 nitrogen and oxygen atoms in total. The second-order valence-electron chi connectivity index (χ2n) is 6.24. The first kappa shape index (κ1) is 19.6. The number of ether oxygens (including phenoxy) is 2. The first-order valence-corrected chi connectivity index (χ1v) is 8.84. The Hall–Kier alpha value is -3.16. The molecule has 2 aromatic carbocycles. The first-order chi connectivity index (χ1) is 13.6. The number of amides is 1.